The molecule has 0 aliphatic rings. The number of aryl methyl sites for hydroxylation is 2. The fourth-order valence-corrected chi connectivity index (χ4v) is 2.77. The fraction of sp³-hybridized carbons (Fsp3) is 0.167. The molecule has 3 aromatic rings. The second-order valence-electron chi connectivity index (χ2n) is 5.58. The number of benzene rings is 2. The first-order chi connectivity index (χ1) is 12.0. The van der Waals surface area contributed by atoms with Gasteiger partial charge in [0.2, 0.25) is 17.6 Å². The molecule has 0 spiro atoms. The van der Waals surface area contributed by atoms with Gasteiger partial charge in [0.15, 0.2) is 0 Å². The predicted molar refractivity (Wildman–Crippen MR) is 97.9 cm³/mol. The molecule has 1 amide bonds. The van der Waals surface area contributed by atoms with Gasteiger partial charge in [0.25, 0.3) is 0 Å². The van der Waals surface area contributed by atoms with E-state index < -0.39 is 0 Å². The van der Waals surface area contributed by atoms with Gasteiger partial charge in [-0.15, -0.1) is 0 Å². The van der Waals surface area contributed by atoms with Crippen LogP contribution in [0.15, 0.2) is 47.0 Å². The van der Waals surface area contributed by atoms with Crippen LogP contribution in [0.25, 0.3) is 11.4 Å². The summed E-state index contributed by atoms with van der Waals surface area (Å²) in [6.07, 6.45) is 0.554. The van der Waals surface area contributed by atoms with Crippen LogP contribution in [-0.2, 0) is 11.2 Å². The first-order valence-electron chi connectivity index (χ1n) is 7.65. The smallest absolute Gasteiger partial charge is 0.227 e. The maximum atomic E-state index is 12.0. The Hall–Kier alpha value is -2.37. The van der Waals surface area contributed by atoms with Crippen LogP contribution < -0.4 is 5.32 Å². The van der Waals surface area contributed by atoms with Crippen LogP contribution in [0.4, 0.5) is 5.69 Å². The van der Waals surface area contributed by atoms with Crippen molar-refractivity contribution in [2.45, 2.75) is 19.8 Å². The quantitative estimate of drug-likeness (QED) is 0.686. The number of anilines is 1. The molecule has 0 saturated carbocycles. The SMILES string of the molecule is Cc1ccc(-c2noc(CCC(=O)Nc3cc(Cl)cc(Cl)c3)n2)cc1. The van der Waals surface area contributed by atoms with E-state index in [9.17, 15) is 4.79 Å². The molecule has 1 aromatic heterocycles. The van der Waals surface area contributed by atoms with Gasteiger partial charge in [-0.1, -0.05) is 58.2 Å². The zero-order valence-corrected chi connectivity index (χ0v) is 14.9. The van der Waals surface area contributed by atoms with Crippen LogP contribution >= 0.6 is 23.2 Å². The first-order valence-corrected chi connectivity index (χ1v) is 8.41. The second-order valence-corrected chi connectivity index (χ2v) is 6.46. The van der Waals surface area contributed by atoms with Gasteiger partial charge in [-0.2, -0.15) is 4.98 Å². The summed E-state index contributed by atoms with van der Waals surface area (Å²) in [5.41, 5.74) is 2.58. The van der Waals surface area contributed by atoms with Crippen molar-refractivity contribution in [2.75, 3.05) is 5.32 Å². The van der Waals surface area contributed by atoms with Gasteiger partial charge in [0.1, 0.15) is 0 Å². The van der Waals surface area contributed by atoms with E-state index in [1.54, 1.807) is 18.2 Å². The zero-order valence-electron chi connectivity index (χ0n) is 13.4. The number of hydrogen-bond acceptors (Lipinski definition) is 4. The van der Waals surface area contributed by atoms with E-state index in [1.807, 2.05) is 31.2 Å². The number of rotatable bonds is 5. The normalized spacial score (nSPS) is 10.7. The highest BCUT2D eigenvalue weighted by Crippen LogP contribution is 2.22. The molecule has 0 saturated heterocycles. The highest BCUT2D eigenvalue weighted by atomic mass is 35.5. The van der Waals surface area contributed by atoms with Crippen LogP contribution in [0.2, 0.25) is 10.0 Å². The van der Waals surface area contributed by atoms with Crippen molar-refractivity contribution < 1.29 is 9.32 Å². The van der Waals surface area contributed by atoms with E-state index in [4.69, 9.17) is 27.7 Å². The van der Waals surface area contributed by atoms with Crippen molar-refractivity contribution >= 4 is 34.8 Å². The van der Waals surface area contributed by atoms with E-state index in [2.05, 4.69) is 15.5 Å². The summed E-state index contributed by atoms with van der Waals surface area (Å²) in [7, 11) is 0. The molecule has 1 heterocycles. The number of aromatic nitrogens is 2. The molecule has 2 aromatic carbocycles. The molecule has 0 unspecified atom stereocenters. The van der Waals surface area contributed by atoms with Gasteiger partial charge >= 0.3 is 0 Å². The van der Waals surface area contributed by atoms with Crippen LogP contribution in [0, 0.1) is 6.92 Å². The van der Waals surface area contributed by atoms with E-state index in [1.165, 1.54) is 0 Å². The van der Waals surface area contributed by atoms with Crippen molar-refractivity contribution in [3.63, 3.8) is 0 Å². The van der Waals surface area contributed by atoms with Crippen molar-refractivity contribution in [1.29, 1.82) is 0 Å². The summed E-state index contributed by atoms with van der Waals surface area (Å²) in [6, 6.07) is 12.7. The number of carbonyl (C=O) groups is 1. The molecule has 5 nitrogen and oxygen atoms in total. The fourth-order valence-electron chi connectivity index (χ4n) is 2.25. The Morgan fingerprint density at radius 2 is 1.80 bits per heavy atom. The molecular formula is C18H15Cl2N3O2. The van der Waals surface area contributed by atoms with Crippen LogP contribution in [0.3, 0.4) is 0 Å². The molecule has 0 atom stereocenters. The molecule has 0 aliphatic heterocycles. The lowest BCUT2D eigenvalue weighted by molar-refractivity contribution is -0.116. The molecule has 1 N–H and O–H groups in total. The number of carbonyl (C=O) groups excluding carboxylic acids is 1. The summed E-state index contributed by atoms with van der Waals surface area (Å²) in [5, 5.41) is 7.61. The Morgan fingerprint density at radius 3 is 2.48 bits per heavy atom. The average molecular weight is 376 g/mol. The molecule has 3 rings (SSSR count). The molecule has 0 fully saturated rings. The number of halogens is 2. The summed E-state index contributed by atoms with van der Waals surface area (Å²) in [6.45, 7) is 2.01. The Bertz CT molecular complexity index is 871. The second kappa shape index (κ2) is 7.68. The Morgan fingerprint density at radius 1 is 1.12 bits per heavy atom. The standard InChI is InChI=1S/C18H15Cl2N3O2/c1-11-2-4-12(5-3-11)18-22-17(25-23-18)7-6-16(24)21-15-9-13(19)8-14(20)10-15/h2-5,8-10H,6-7H2,1H3,(H,21,24). The molecule has 0 bridgehead atoms. The maximum Gasteiger partial charge on any atom is 0.227 e. The lowest BCUT2D eigenvalue weighted by Gasteiger charge is -2.05. The third kappa shape index (κ3) is 4.81. The largest absolute Gasteiger partial charge is 0.339 e. The third-order valence-electron chi connectivity index (χ3n) is 3.49. The highest BCUT2D eigenvalue weighted by molar-refractivity contribution is 6.35. The number of hydrogen-bond donors (Lipinski definition) is 1. The Balaban J connectivity index is 1.58. The van der Waals surface area contributed by atoms with E-state index in [0.717, 1.165) is 11.1 Å². The van der Waals surface area contributed by atoms with Gasteiger partial charge in [0.05, 0.1) is 0 Å². The average Bonchev–Trinajstić information content (AvgIpc) is 3.01. The van der Waals surface area contributed by atoms with Crippen molar-refractivity contribution in [3.05, 3.63) is 64.0 Å². The van der Waals surface area contributed by atoms with Crippen LogP contribution in [0.1, 0.15) is 17.9 Å². The zero-order chi connectivity index (χ0) is 17.8. The predicted octanol–water partition coefficient (Wildman–Crippen LogP) is 4.92. The van der Waals surface area contributed by atoms with Gasteiger partial charge in [-0.05, 0) is 25.1 Å². The summed E-state index contributed by atoms with van der Waals surface area (Å²) in [5.74, 6) is 0.736. The lowest BCUT2D eigenvalue weighted by Crippen LogP contribution is -2.12. The summed E-state index contributed by atoms with van der Waals surface area (Å²) >= 11 is 11.8. The molecule has 128 valence electrons. The number of amides is 1. The Kier molecular flexibility index (Phi) is 5.36. The van der Waals surface area contributed by atoms with Crippen molar-refractivity contribution in [2.24, 2.45) is 0 Å². The summed E-state index contributed by atoms with van der Waals surface area (Å²) < 4.78 is 5.20. The Labute approximate surface area is 155 Å². The van der Waals surface area contributed by atoms with E-state index in [0.29, 0.717) is 33.9 Å². The highest BCUT2D eigenvalue weighted by Gasteiger charge is 2.11. The van der Waals surface area contributed by atoms with E-state index >= 15 is 0 Å². The molecule has 0 aliphatic carbocycles. The molecule has 25 heavy (non-hydrogen) atoms. The van der Waals surface area contributed by atoms with Gasteiger partial charge < -0.3 is 9.84 Å². The van der Waals surface area contributed by atoms with E-state index in [-0.39, 0.29) is 12.3 Å². The summed E-state index contributed by atoms with van der Waals surface area (Å²) in [4.78, 5) is 16.4. The van der Waals surface area contributed by atoms with Gasteiger partial charge in [-0.3, -0.25) is 4.79 Å². The lowest BCUT2D eigenvalue weighted by atomic mass is 10.1. The molecular weight excluding hydrogens is 361 g/mol. The topological polar surface area (TPSA) is 68.0 Å². The minimum atomic E-state index is -0.187. The van der Waals surface area contributed by atoms with Gasteiger partial charge in [-0.25, -0.2) is 0 Å². The molecule has 0 radical (unpaired) electrons. The van der Waals surface area contributed by atoms with Crippen LogP contribution in [-0.4, -0.2) is 16.0 Å². The third-order valence-corrected chi connectivity index (χ3v) is 3.93. The monoisotopic (exact) mass is 375 g/mol. The minimum absolute atomic E-state index is 0.187. The van der Waals surface area contributed by atoms with Gasteiger partial charge in [0, 0.05) is 34.1 Å². The molecule has 7 heteroatoms. The van der Waals surface area contributed by atoms with Crippen LogP contribution in [0.5, 0.6) is 0 Å². The van der Waals surface area contributed by atoms with Crippen molar-refractivity contribution in [3.8, 4) is 11.4 Å². The maximum absolute atomic E-state index is 12.0. The minimum Gasteiger partial charge on any atom is -0.339 e. The first kappa shape index (κ1) is 17.5. The number of nitrogens with one attached hydrogen (secondary N) is 1. The number of nitrogens with zero attached hydrogens (tertiary/aromatic N) is 2. The van der Waals surface area contributed by atoms with Crippen molar-refractivity contribution in [1.82, 2.24) is 10.1 Å².